The van der Waals surface area contributed by atoms with Crippen LogP contribution in [0.2, 0.25) is 0 Å². The summed E-state index contributed by atoms with van der Waals surface area (Å²) in [4.78, 5) is 10.6. The monoisotopic (exact) mass is 658 g/mol. The lowest BCUT2D eigenvalue weighted by atomic mass is 9.78. The highest BCUT2D eigenvalue weighted by atomic mass is 32.1. The second-order valence-corrected chi connectivity index (χ2v) is 17.5. The Labute approximate surface area is 295 Å². The molecule has 0 N–H and O–H groups in total. The Kier molecular flexibility index (Phi) is 8.11. The molecule has 0 bridgehead atoms. The summed E-state index contributed by atoms with van der Waals surface area (Å²) in [5.41, 5.74) is 10.6. The van der Waals surface area contributed by atoms with E-state index in [1.54, 1.807) is 11.3 Å². The van der Waals surface area contributed by atoms with E-state index in [2.05, 4.69) is 172 Å². The molecule has 0 atom stereocenters. The van der Waals surface area contributed by atoms with Gasteiger partial charge in [-0.2, -0.15) is 0 Å². The number of aliphatic imine (C=N–C) groups is 1. The van der Waals surface area contributed by atoms with Crippen LogP contribution in [-0.2, 0) is 16.2 Å². The molecule has 49 heavy (non-hydrogen) atoms. The number of fused-ring (bicyclic) bond motifs is 4. The van der Waals surface area contributed by atoms with E-state index in [1.165, 1.54) is 54.1 Å². The number of rotatable bonds is 4. The molecule has 0 radical (unpaired) electrons. The first-order valence-electron chi connectivity index (χ1n) is 17.3. The summed E-state index contributed by atoms with van der Waals surface area (Å²) in [6.45, 7) is 20.7. The van der Waals surface area contributed by atoms with E-state index in [0.29, 0.717) is 0 Å². The summed E-state index contributed by atoms with van der Waals surface area (Å²) in [7, 11) is 0. The van der Waals surface area contributed by atoms with Gasteiger partial charge in [-0.25, -0.2) is 4.98 Å². The first-order valence-corrected chi connectivity index (χ1v) is 18.1. The van der Waals surface area contributed by atoms with Crippen molar-refractivity contribution in [2.45, 2.75) is 78.6 Å². The predicted molar refractivity (Wildman–Crippen MR) is 215 cm³/mol. The van der Waals surface area contributed by atoms with Gasteiger partial charge in [0.25, 0.3) is 0 Å². The molecule has 0 amide bonds. The molecular weight excluding hydrogens is 613 g/mol. The van der Waals surface area contributed by atoms with Crippen molar-refractivity contribution < 1.29 is 0 Å². The van der Waals surface area contributed by atoms with Gasteiger partial charge in [-0.3, -0.25) is 4.99 Å². The molecule has 1 heterocycles. The fraction of sp³-hybridized carbons (Fsp3) is 0.261. The highest BCUT2D eigenvalue weighted by Gasteiger charge is 2.24. The van der Waals surface area contributed by atoms with Crippen molar-refractivity contribution in [3.63, 3.8) is 0 Å². The topological polar surface area (TPSA) is 25.2 Å². The van der Waals surface area contributed by atoms with Crippen LogP contribution in [0.5, 0.6) is 0 Å². The normalized spacial score (nSPS) is 12.9. The zero-order valence-corrected chi connectivity index (χ0v) is 31.1. The summed E-state index contributed by atoms with van der Waals surface area (Å²) in [5, 5.41) is 5.91. The van der Waals surface area contributed by atoms with Crippen LogP contribution < -0.4 is 0 Å². The van der Waals surface area contributed by atoms with Gasteiger partial charge in [0.1, 0.15) is 5.01 Å². The van der Waals surface area contributed by atoms with Gasteiger partial charge in [0.05, 0.1) is 15.9 Å². The third-order valence-corrected chi connectivity index (χ3v) is 10.6. The van der Waals surface area contributed by atoms with Gasteiger partial charge >= 0.3 is 0 Å². The maximum absolute atomic E-state index is 5.42. The van der Waals surface area contributed by atoms with E-state index >= 15 is 0 Å². The van der Waals surface area contributed by atoms with Gasteiger partial charge in [0, 0.05) is 22.9 Å². The van der Waals surface area contributed by atoms with Gasteiger partial charge in [-0.05, 0) is 90.4 Å². The van der Waals surface area contributed by atoms with Crippen molar-refractivity contribution >= 4 is 55.0 Å². The number of benzene rings is 6. The van der Waals surface area contributed by atoms with Crippen LogP contribution in [0.3, 0.4) is 0 Å². The van der Waals surface area contributed by atoms with E-state index in [1.807, 2.05) is 6.21 Å². The van der Waals surface area contributed by atoms with E-state index in [0.717, 1.165) is 27.3 Å². The number of hydrogen-bond acceptors (Lipinski definition) is 3. The van der Waals surface area contributed by atoms with E-state index < -0.39 is 0 Å². The van der Waals surface area contributed by atoms with E-state index in [9.17, 15) is 0 Å². The van der Waals surface area contributed by atoms with Crippen LogP contribution in [0.15, 0.2) is 114 Å². The zero-order valence-electron chi connectivity index (χ0n) is 30.3. The second kappa shape index (κ2) is 12.1. The number of hydrogen-bond donors (Lipinski definition) is 0. The fourth-order valence-electron chi connectivity index (χ4n) is 6.54. The van der Waals surface area contributed by atoms with Gasteiger partial charge in [0.2, 0.25) is 0 Å². The molecule has 0 saturated carbocycles. The minimum Gasteiger partial charge on any atom is -0.256 e. The first-order chi connectivity index (χ1) is 23.2. The number of aromatic nitrogens is 1. The molecule has 0 fully saturated rings. The van der Waals surface area contributed by atoms with Crippen molar-refractivity contribution in [2.24, 2.45) is 4.99 Å². The van der Waals surface area contributed by atoms with Crippen molar-refractivity contribution in [1.82, 2.24) is 4.98 Å². The minimum absolute atomic E-state index is 0.00752. The highest BCUT2D eigenvalue weighted by Crippen LogP contribution is 2.43. The van der Waals surface area contributed by atoms with Gasteiger partial charge < -0.3 is 0 Å². The third-order valence-electron chi connectivity index (χ3n) is 9.61. The summed E-state index contributed by atoms with van der Waals surface area (Å²) < 4.78 is 1.20. The standard InChI is InChI=1S/C46H46N2S/c1-44(2,3)32-23-30(24-33(25-32)45(4,5)6)39-26-34(46(7,8)9)27-41-42(39)48-43(49-41)38-20-14-15-21-40(38)47-28-31-22-29-16-10-11-17-35(29)37-19-13-12-18-36(31)37/h10-28H,1-9H3. The Morgan fingerprint density at radius 3 is 1.80 bits per heavy atom. The van der Waals surface area contributed by atoms with E-state index in [-0.39, 0.29) is 16.2 Å². The van der Waals surface area contributed by atoms with E-state index in [4.69, 9.17) is 9.98 Å². The summed E-state index contributed by atoms with van der Waals surface area (Å²) in [6, 6.07) is 39.8. The Hall–Kier alpha value is -4.60. The first kappa shape index (κ1) is 32.9. The molecule has 0 aliphatic carbocycles. The smallest absolute Gasteiger partial charge is 0.126 e. The second-order valence-electron chi connectivity index (χ2n) is 16.4. The molecule has 1 aromatic heterocycles. The van der Waals surface area contributed by atoms with Crippen molar-refractivity contribution in [2.75, 3.05) is 0 Å². The number of para-hydroxylation sites is 1. The molecule has 7 rings (SSSR count). The molecule has 6 aromatic carbocycles. The van der Waals surface area contributed by atoms with Gasteiger partial charge in [-0.15, -0.1) is 11.3 Å². The zero-order chi connectivity index (χ0) is 34.7. The maximum atomic E-state index is 5.42. The summed E-state index contributed by atoms with van der Waals surface area (Å²) >= 11 is 1.76. The van der Waals surface area contributed by atoms with Gasteiger partial charge in [0.15, 0.2) is 0 Å². The Morgan fingerprint density at radius 1 is 0.551 bits per heavy atom. The largest absolute Gasteiger partial charge is 0.256 e. The quantitative estimate of drug-likeness (QED) is 0.136. The summed E-state index contributed by atoms with van der Waals surface area (Å²) in [5.74, 6) is 0. The average Bonchev–Trinajstić information content (AvgIpc) is 3.50. The Morgan fingerprint density at radius 2 is 1.12 bits per heavy atom. The van der Waals surface area contributed by atoms with Crippen LogP contribution in [0, 0.1) is 0 Å². The number of nitrogens with zero attached hydrogens (tertiary/aromatic N) is 2. The fourth-order valence-corrected chi connectivity index (χ4v) is 7.61. The van der Waals surface area contributed by atoms with Crippen LogP contribution in [0.1, 0.15) is 84.6 Å². The van der Waals surface area contributed by atoms with Crippen LogP contribution in [0.25, 0.3) is 53.5 Å². The lowest BCUT2D eigenvalue weighted by Crippen LogP contribution is -2.16. The molecular formula is C46H46N2S. The molecule has 0 unspecified atom stereocenters. The number of thiazole rings is 1. The molecule has 3 heteroatoms. The molecule has 0 aliphatic heterocycles. The van der Waals surface area contributed by atoms with Gasteiger partial charge in [-0.1, -0.05) is 141 Å². The Balaban J connectivity index is 1.40. The highest BCUT2D eigenvalue weighted by molar-refractivity contribution is 7.21. The van der Waals surface area contributed by atoms with Crippen LogP contribution in [-0.4, -0.2) is 11.2 Å². The third kappa shape index (κ3) is 6.45. The molecule has 2 nitrogen and oxygen atoms in total. The molecule has 7 aromatic rings. The molecule has 246 valence electrons. The minimum atomic E-state index is -0.00752. The van der Waals surface area contributed by atoms with Crippen molar-refractivity contribution in [3.8, 4) is 21.7 Å². The molecule has 0 spiro atoms. The lowest BCUT2D eigenvalue weighted by Gasteiger charge is -2.27. The van der Waals surface area contributed by atoms with Crippen LogP contribution >= 0.6 is 11.3 Å². The molecule has 0 aliphatic rings. The maximum Gasteiger partial charge on any atom is 0.126 e. The SMILES string of the molecule is CC(C)(C)c1cc(-c2cc(C(C)(C)C)cc3sc(-c4ccccc4N=Cc4cc5ccccc5c5ccccc45)nc23)cc(C(C)(C)C)c1. The van der Waals surface area contributed by atoms with Crippen LogP contribution in [0.4, 0.5) is 5.69 Å². The van der Waals surface area contributed by atoms with Crippen molar-refractivity contribution in [1.29, 1.82) is 0 Å². The summed E-state index contributed by atoms with van der Waals surface area (Å²) in [6.07, 6.45) is 2.02. The molecule has 0 saturated heterocycles. The lowest BCUT2D eigenvalue weighted by molar-refractivity contribution is 0.569. The predicted octanol–water partition coefficient (Wildman–Crippen LogP) is 13.6. The average molecular weight is 659 g/mol. The van der Waals surface area contributed by atoms with Crippen molar-refractivity contribution in [3.05, 3.63) is 131 Å². The Bertz CT molecular complexity index is 2350.